The second kappa shape index (κ2) is 6.09. The third-order valence-corrected chi connectivity index (χ3v) is 5.20. The smallest absolute Gasteiger partial charge is 0.182 e. The molecule has 2 atom stereocenters. The van der Waals surface area contributed by atoms with Crippen molar-refractivity contribution >= 4 is 17.0 Å². The highest BCUT2D eigenvalue weighted by Gasteiger charge is 2.37. The van der Waals surface area contributed by atoms with E-state index >= 15 is 0 Å². The molecular weight excluding hydrogens is 316 g/mol. The van der Waals surface area contributed by atoms with Crippen LogP contribution in [0.4, 0.5) is 5.82 Å². The molecule has 2 aromatic heterocycles. The first-order valence-electron chi connectivity index (χ1n) is 8.67. The number of morpholine rings is 1. The van der Waals surface area contributed by atoms with Crippen LogP contribution in [0.15, 0.2) is 43.0 Å². The molecule has 2 aliphatic rings. The number of nitrogens with one attached hydrogen (secondary N) is 1. The Morgan fingerprint density at radius 2 is 1.96 bits per heavy atom. The zero-order chi connectivity index (χ0) is 16.6. The van der Waals surface area contributed by atoms with Crippen molar-refractivity contribution in [3.8, 4) is 0 Å². The quantitative estimate of drug-likeness (QED) is 0.767. The Hall–Kier alpha value is -2.51. The molecule has 7 heteroatoms. The molecule has 0 spiro atoms. The number of aromatic nitrogens is 4. The predicted octanol–water partition coefficient (Wildman–Crippen LogP) is 1.61. The van der Waals surface area contributed by atoms with E-state index in [0.717, 1.165) is 49.8 Å². The number of piperazine rings is 1. The van der Waals surface area contributed by atoms with E-state index in [1.165, 1.54) is 5.56 Å². The normalized spacial score (nSPS) is 24.4. The number of imidazole rings is 1. The van der Waals surface area contributed by atoms with Gasteiger partial charge in [-0.05, 0) is 5.56 Å². The summed E-state index contributed by atoms with van der Waals surface area (Å²) in [5.41, 5.74) is 2.96. The van der Waals surface area contributed by atoms with Crippen molar-refractivity contribution in [3.05, 3.63) is 48.5 Å². The molecule has 0 saturated carbocycles. The third-order valence-electron chi connectivity index (χ3n) is 5.20. The van der Waals surface area contributed by atoms with Gasteiger partial charge in [-0.1, -0.05) is 30.3 Å². The maximum atomic E-state index is 5.94. The second-order valence-corrected chi connectivity index (χ2v) is 6.60. The van der Waals surface area contributed by atoms with Crippen molar-refractivity contribution in [1.82, 2.24) is 24.8 Å². The minimum atomic E-state index is 0.333. The number of hydrogen-bond acceptors (Lipinski definition) is 6. The first kappa shape index (κ1) is 14.8. The number of anilines is 1. The molecule has 0 radical (unpaired) electrons. The molecule has 0 unspecified atom stereocenters. The minimum Gasteiger partial charge on any atom is -0.378 e. The van der Waals surface area contributed by atoms with Crippen LogP contribution in [0.1, 0.15) is 11.6 Å². The molecule has 4 heterocycles. The van der Waals surface area contributed by atoms with Gasteiger partial charge in [-0.15, -0.1) is 0 Å². The van der Waals surface area contributed by atoms with E-state index in [2.05, 4.69) is 60.1 Å². The Morgan fingerprint density at radius 1 is 1.04 bits per heavy atom. The molecule has 0 amide bonds. The van der Waals surface area contributed by atoms with E-state index in [1.807, 2.05) is 0 Å². The zero-order valence-electron chi connectivity index (χ0n) is 13.9. The summed E-state index contributed by atoms with van der Waals surface area (Å²) in [6.45, 7) is 4.35. The topological polar surface area (TPSA) is 70.2 Å². The maximum Gasteiger partial charge on any atom is 0.182 e. The van der Waals surface area contributed by atoms with Gasteiger partial charge in [-0.3, -0.25) is 4.90 Å². The molecule has 5 rings (SSSR count). The van der Waals surface area contributed by atoms with Crippen molar-refractivity contribution in [2.45, 2.75) is 12.1 Å². The summed E-state index contributed by atoms with van der Waals surface area (Å²) in [6.07, 6.45) is 3.27. The molecule has 7 nitrogen and oxygen atoms in total. The fraction of sp³-hybridized carbons (Fsp3) is 0.389. The first-order chi connectivity index (χ1) is 12.4. The fourth-order valence-electron chi connectivity index (χ4n) is 3.99. The number of H-pyrrole nitrogens is 1. The Kier molecular flexibility index (Phi) is 3.61. The van der Waals surface area contributed by atoms with Crippen molar-refractivity contribution in [2.75, 3.05) is 37.7 Å². The number of hydrogen-bond donors (Lipinski definition) is 1. The van der Waals surface area contributed by atoms with Crippen molar-refractivity contribution in [1.29, 1.82) is 0 Å². The number of rotatable bonds is 2. The standard InChI is InChI=1S/C18H20N6O/c1-2-4-13(5-3-1)15-10-25-9-14-8-23(6-7-24(14)15)18-16-17(20-11-19-16)21-12-22-18/h1-5,11-12,14-15H,6-10H2,(H,19,20,21,22)/t14-,15-/m1/s1. The molecule has 2 aliphatic heterocycles. The van der Waals surface area contributed by atoms with Gasteiger partial charge in [0.05, 0.1) is 31.6 Å². The van der Waals surface area contributed by atoms with E-state index in [1.54, 1.807) is 12.7 Å². The van der Waals surface area contributed by atoms with Gasteiger partial charge in [-0.25, -0.2) is 15.0 Å². The second-order valence-electron chi connectivity index (χ2n) is 6.60. The largest absolute Gasteiger partial charge is 0.378 e. The van der Waals surface area contributed by atoms with Crippen molar-refractivity contribution < 1.29 is 4.74 Å². The summed E-state index contributed by atoms with van der Waals surface area (Å²) in [4.78, 5) is 21.0. The van der Waals surface area contributed by atoms with Crippen LogP contribution in [-0.2, 0) is 4.74 Å². The van der Waals surface area contributed by atoms with Gasteiger partial charge in [0, 0.05) is 19.6 Å². The van der Waals surface area contributed by atoms with Gasteiger partial charge < -0.3 is 14.6 Å². The lowest BCUT2D eigenvalue weighted by molar-refractivity contribution is -0.0547. The zero-order valence-corrected chi connectivity index (χ0v) is 13.9. The minimum absolute atomic E-state index is 0.333. The van der Waals surface area contributed by atoms with Crippen LogP contribution in [0.2, 0.25) is 0 Å². The Bertz CT molecular complexity index is 866. The lowest BCUT2D eigenvalue weighted by atomic mass is 10.00. The number of nitrogens with zero attached hydrogens (tertiary/aromatic N) is 5. The van der Waals surface area contributed by atoms with Crippen molar-refractivity contribution in [2.24, 2.45) is 0 Å². The molecule has 1 N–H and O–H groups in total. The van der Waals surface area contributed by atoms with Gasteiger partial charge in [-0.2, -0.15) is 0 Å². The molecule has 3 aromatic rings. The fourth-order valence-corrected chi connectivity index (χ4v) is 3.99. The summed E-state index contributed by atoms with van der Waals surface area (Å²) >= 11 is 0. The Morgan fingerprint density at radius 3 is 2.88 bits per heavy atom. The van der Waals surface area contributed by atoms with Gasteiger partial charge >= 0.3 is 0 Å². The molecule has 1 aromatic carbocycles. The average Bonchev–Trinajstić information content (AvgIpc) is 3.16. The lowest BCUT2D eigenvalue weighted by Crippen LogP contribution is -2.59. The summed E-state index contributed by atoms with van der Waals surface area (Å²) in [6, 6.07) is 11.4. The number of benzene rings is 1. The summed E-state index contributed by atoms with van der Waals surface area (Å²) in [7, 11) is 0. The van der Waals surface area contributed by atoms with Crippen molar-refractivity contribution in [3.63, 3.8) is 0 Å². The Labute approximate surface area is 145 Å². The van der Waals surface area contributed by atoms with E-state index in [-0.39, 0.29) is 0 Å². The highest BCUT2D eigenvalue weighted by molar-refractivity contribution is 5.82. The monoisotopic (exact) mass is 336 g/mol. The summed E-state index contributed by atoms with van der Waals surface area (Å²) in [5, 5.41) is 0. The molecule has 2 saturated heterocycles. The SMILES string of the molecule is c1ccc([C@H]2COC[C@H]3CN(c4ncnc5nc[nH]c45)CCN32)cc1. The lowest BCUT2D eigenvalue weighted by Gasteiger charge is -2.48. The van der Waals surface area contributed by atoms with E-state index in [0.29, 0.717) is 12.1 Å². The molecule has 0 aliphatic carbocycles. The number of fused-ring (bicyclic) bond motifs is 2. The van der Waals surface area contributed by atoms with Gasteiger partial charge in [0.15, 0.2) is 11.5 Å². The van der Waals surface area contributed by atoms with Gasteiger partial charge in [0.25, 0.3) is 0 Å². The van der Waals surface area contributed by atoms with Crippen LogP contribution in [0, 0.1) is 0 Å². The summed E-state index contributed by atoms with van der Waals surface area (Å²) in [5.74, 6) is 0.934. The average molecular weight is 336 g/mol. The molecular formula is C18H20N6O. The number of ether oxygens (including phenoxy) is 1. The number of aromatic amines is 1. The molecule has 128 valence electrons. The predicted molar refractivity (Wildman–Crippen MR) is 94.4 cm³/mol. The van der Waals surface area contributed by atoms with Gasteiger partial charge in [0.2, 0.25) is 0 Å². The summed E-state index contributed by atoms with van der Waals surface area (Å²) < 4.78 is 5.94. The van der Waals surface area contributed by atoms with Crippen LogP contribution >= 0.6 is 0 Å². The van der Waals surface area contributed by atoms with E-state index in [4.69, 9.17) is 4.74 Å². The van der Waals surface area contributed by atoms with Crippen LogP contribution in [0.3, 0.4) is 0 Å². The third kappa shape index (κ3) is 2.56. The molecule has 2 fully saturated rings. The first-order valence-corrected chi connectivity index (χ1v) is 8.67. The van der Waals surface area contributed by atoms with E-state index < -0.39 is 0 Å². The van der Waals surface area contributed by atoms with Crippen LogP contribution < -0.4 is 4.90 Å². The molecule has 25 heavy (non-hydrogen) atoms. The highest BCUT2D eigenvalue weighted by atomic mass is 16.5. The van der Waals surface area contributed by atoms with Crippen LogP contribution in [0.5, 0.6) is 0 Å². The van der Waals surface area contributed by atoms with Gasteiger partial charge in [0.1, 0.15) is 11.8 Å². The maximum absolute atomic E-state index is 5.94. The van der Waals surface area contributed by atoms with Crippen LogP contribution in [0.25, 0.3) is 11.2 Å². The Balaban J connectivity index is 1.41. The van der Waals surface area contributed by atoms with Crippen LogP contribution in [-0.4, -0.2) is 63.7 Å². The molecule has 0 bridgehead atoms. The van der Waals surface area contributed by atoms with E-state index in [9.17, 15) is 0 Å². The highest BCUT2D eigenvalue weighted by Crippen LogP contribution is 2.31.